The minimum absolute atomic E-state index is 0.0726. The molecule has 2 aliphatic rings. The van der Waals surface area contributed by atoms with Gasteiger partial charge in [-0.25, -0.2) is 9.37 Å². The molecule has 0 aliphatic heterocycles. The van der Waals surface area contributed by atoms with E-state index in [0.29, 0.717) is 39.2 Å². The first-order valence-electron chi connectivity index (χ1n) is 10.7. The third-order valence-electron chi connectivity index (χ3n) is 6.95. The van der Waals surface area contributed by atoms with Gasteiger partial charge in [0.2, 0.25) is 0 Å². The van der Waals surface area contributed by atoms with Crippen LogP contribution in [0.4, 0.5) is 4.39 Å². The molecule has 2 aromatic carbocycles. The molecule has 1 amide bonds. The second-order valence-corrected chi connectivity index (χ2v) is 9.08. The molecular weight excluding hydrogens is 417 g/mol. The standard InChI is InChI=1S/C24H23ClFN3O2/c1-2-20(28-23(30)13-3-5-14(25)6-4-13)22-17-10-16(11-18(17)22)29-12-27-21-8-7-15(26)9-19(21)24(29)31/h3-9,12,16-18,20,22H,2,10-11H2,1H3,(H,28,30)/t16-,17-,18+,20?,22+. The Morgan fingerprint density at radius 3 is 2.61 bits per heavy atom. The van der Waals surface area contributed by atoms with Crippen LogP contribution in [0.25, 0.3) is 10.9 Å². The molecular formula is C24H23ClFN3O2. The highest BCUT2D eigenvalue weighted by Crippen LogP contribution is 2.62. The van der Waals surface area contributed by atoms with E-state index in [4.69, 9.17) is 11.6 Å². The van der Waals surface area contributed by atoms with E-state index in [1.807, 2.05) is 0 Å². The molecule has 0 bridgehead atoms. The number of fused-ring (bicyclic) bond motifs is 2. The van der Waals surface area contributed by atoms with Crippen molar-refractivity contribution >= 4 is 28.4 Å². The van der Waals surface area contributed by atoms with Crippen molar-refractivity contribution in [3.8, 4) is 0 Å². The van der Waals surface area contributed by atoms with Gasteiger partial charge in [0.05, 0.1) is 17.2 Å². The molecule has 3 aromatic rings. The van der Waals surface area contributed by atoms with E-state index in [1.165, 1.54) is 18.2 Å². The smallest absolute Gasteiger partial charge is 0.261 e. The molecule has 1 aromatic heterocycles. The first kappa shape index (κ1) is 20.2. The fraction of sp³-hybridized carbons (Fsp3) is 0.375. The Kier molecular flexibility index (Phi) is 5.05. The highest BCUT2D eigenvalue weighted by molar-refractivity contribution is 6.30. The number of nitrogens with zero attached hydrogens (tertiary/aromatic N) is 2. The summed E-state index contributed by atoms with van der Waals surface area (Å²) in [6, 6.07) is 11.2. The molecule has 160 valence electrons. The molecule has 0 saturated heterocycles. The van der Waals surface area contributed by atoms with Gasteiger partial charge < -0.3 is 5.32 Å². The van der Waals surface area contributed by atoms with Gasteiger partial charge in [-0.2, -0.15) is 0 Å². The topological polar surface area (TPSA) is 64.0 Å². The molecule has 1 unspecified atom stereocenters. The number of halogens is 2. The van der Waals surface area contributed by atoms with Crippen LogP contribution in [0, 0.1) is 23.6 Å². The van der Waals surface area contributed by atoms with Gasteiger partial charge in [0.1, 0.15) is 5.82 Å². The summed E-state index contributed by atoms with van der Waals surface area (Å²) in [7, 11) is 0. The third-order valence-corrected chi connectivity index (χ3v) is 7.20. The number of carbonyl (C=O) groups is 1. The van der Waals surface area contributed by atoms with E-state index in [0.717, 1.165) is 19.3 Å². The summed E-state index contributed by atoms with van der Waals surface area (Å²) >= 11 is 5.91. The zero-order valence-electron chi connectivity index (χ0n) is 17.1. The van der Waals surface area contributed by atoms with Crippen LogP contribution in [0.1, 0.15) is 42.6 Å². The van der Waals surface area contributed by atoms with Crippen LogP contribution >= 0.6 is 11.6 Å². The summed E-state index contributed by atoms with van der Waals surface area (Å²) < 4.78 is 15.3. The van der Waals surface area contributed by atoms with Crippen molar-refractivity contribution in [1.82, 2.24) is 14.9 Å². The van der Waals surface area contributed by atoms with Gasteiger partial charge in [0.15, 0.2) is 0 Å². The van der Waals surface area contributed by atoms with E-state index >= 15 is 0 Å². The van der Waals surface area contributed by atoms with Crippen LogP contribution in [-0.4, -0.2) is 21.5 Å². The zero-order chi connectivity index (χ0) is 21.7. The van der Waals surface area contributed by atoms with Gasteiger partial charge in [-0.05, 0) is 79.5 Å². The molecule has 0 radical (unpaired) electrons. The van der Waals surface area contributed by atoms with Crippen LogP contribution in [0.5, 0.6) is 0 Å². The maximum Gasteiger partial charge on any atom is 0.261 e. The number of hydrogen-bond acceptors (Lipinski definition) is 3. The van der Waals surface area contributed by atoms with Gasteiger partial charge >= 0.3 is 0 Å². The third kappa shape index (κ3) is 3.63. The van der Waals surface area contributed by atoms with Crippen molar-refractivity contribution in [2.45, 2.75) is 38.3 Å². The molecule has 0 spiro atoms. The van der Waals surface area contributed by atoms with Gasteiger partial charge in [-0.15, -0.1) is 0 Å². The Hall–Kier alpha value is -2.73. The molecule has 1 N–H and O–H groups in total. The Morgan fingerprint density at radius 1 is 1.23 bits per heavy atom. The van der Waals surface area contributed by atoms with E-state index in [1.54, 1.807) is 35.2 Å². The first-order chi connectivity index (χ1) is 15.0. The van der Waals surface area contributed by atoms with Gasteiger partial charge in [0, 0.05) is 22.7 Å². The number of nitrogens with one attached hydrogen (secondary N) is 1. The molecule has 2 saturated carbocycles. The van der Waals surface area contributed by atoms with E-state index in [-0.39, 0.29) is 23.6 Å². The summed E-state index contributed by atoms with van der Waals surface area (Å²) in [5, 5.41) is 4.11. The zero-order valence-corrected chi connectivity index (χ0v) is 17.8. The van der Waals surface area contributed by atoms with E-state index in [2.05, 4.69) is 17.2 Å². The summed E-state index contributed by atoms with van der Waals surface area (Å²) in [5.74, 6) is 0.882. The second-order valence-electron chi connectivity index (χ2n) is 8.64. The van der Waals surface area contributed by atoms with Crippen LogP contribution in [0.15, 0.2) is 53.6 Å². The molecule has 5 atom stereocenters. The van der Waals surface area contributed by atoms with Gasteiger partial charge in [0.25, 0.3) is 11.5 Å². The molecule has 1 heterocycles. The van der Waals surface area contributed by atoms with Crippen molar-refractivity contribution in [1.29, 1.82) is 0 Å². The Bertz CT molecular complexity index is 1200. The summed E-state index contributed by atoms with van der Waals surface area (Å²) in [6.45, 7) is 2.09. The van der Waals surface area contributed by atoms with Crippen LogP contribution in [-0.2, 0) is 0 Å². The number of aromatic nitrogens is 2. The van der Waals surface area contributed by atoms with Crippen molar-refractivity contribution < 1.29 is 9.18 Å². The van der Waals surface area contributed by atoms with Crippen molar-refractivity contribution in [2.24, 2.45) is 17.8 Å². The lowest BCUT2D eigenvalue weighted by Gasteiger charge is -2.22. The number of hydrogen-bond donors (Lipinski definition) is 1. The summed E-state index contributed by atoms with van der Waals surface area (Å²) in [6.07, 6.45) is 4.21. The Balaban J connectivity index is 1.27. The van der Waals surface area contributed by atoms with Crippen molar-refractivity contribution in [3.63, 3.8) is 0 Å². The van der Waals surface area contributed by atoms with Crippen LogP contribution in [0.2, 0.25) is 5.02 Å². The highest BCUT2D eigenvalue weighted by atomic mass is 35.5. The predicted octanol–water partition coefficient (Wildman–Crippen LogP) is 4.59. The Labute approximate surface area is 184 Å². The highest BCUT2D eigenvalue weighted by Gasteiger charge is 2.59. The predicted molar refractivity (Wildman–Crippen MR) is 118 cm³/mol. The lowest BCUT2D eigenvalue weighted by Crippen LogP contribution is -2.37. The molecule has 5 nitrogen and oxygen atoms in total. The van der Waals surface area contributed by atoms with Crippen LogP contribution < -0.4 is 10.9 Å². The average Bonchev–Trinajstić information content (AvgIpc) is 3.25. The number of carbonyl (C=O) groups excluding carboxylic acids is 1. The minimum atomic E-state index is -0.430. The van der Waals surface area contributed by atoms with Crippen molar-refractivity contribution in [2.75, 3.05) is 0 Å². The van der Waals surface area contributed by atoms with E-state index in [9.17, 15) is 14.0 Å². The van der Waals surface area contributed by atoms with Crippen molar-refractivity contribution in [3.05, 3.63) is 75.5 Å². The van der Waals surface area contributed by atoms with Gasteiger partial charge in [-0.1, -0.05) is 18.5 Å². The maximum atomic E-state index is 13.6. The number of rotatable bonds is 5. The van der Waals surface area contributed by atoms with E-state index < -0.39 is 5.82 Å². The fourth-order valence-electron chi connectivity index (χ4n) is 5.38. The SMILES string of the molecule is CCC(NC(=O)c1ccc(Cl)cc1)[C@H]1[C@@H]2C[C@@H](n3cnc4ccc(F)cc4c3=O)C[C@@H]21. The number of benzene rings is 2. The molecule has 5 rings (SSSR count). The second kappa shape index (κ2) is 7.75. The largest absolute Gasteiger partial charge is 0.349 e. The quantitative estimate of drug-likeness (QED) is 0.632. The Morgan fingerprint density at radius 2 is 1.94 bits per heavy atom. The van der Waals surface area contributed by atoms with Gasteiger partial charge in [-0.3, -0.25) is 14.2 Å². The molecule has 31 heavy (non-hydrogen) atoms. The monoisotopic (exact) mass is 439 g/mol. The first-order valence-corrected chi connectivity index (χ1v) is 11.1. The minimum Gasteiger partial charge on any atom is -0.349 e. The molecule has 2 aliphatic carbocycles. The summed E-state index contributed by atoms with van der Waals surface area (Å²) in [5.41, 5.74) is 0.933. The maximum absolute atomic E-state index is 13.6. The fourth-order valence-corrected chi connectivity index (χ4v) is 5.50. The average molecular weight is 440 g/mol. The molecule has 2 fully saturated rings. The summed E-state index contributed by atoms with van der Waals surface area (Å²) in [4.78, 5) is 29.8. The lowest BCUT2D eigenvalue weighted by atomic mass is 9.99. The number of amides is 1. The van der Waals surface area contributed by atoms with Crippen LogP contribution in [0.3, 0.4) is 0 Å². The normalized spacial score (nSPS) is 25.3. The molecule has 7 heteroatoms. The lowest BCUT2D eigenvalue weighted by molar-refractivity contribution is 0.0927.